The minimum Gasteiger partial charge on any atom is -0.365 e. The van der Waals surface area contributed by atoms with Gasteiger partial charge < -0.3 is 5.32 Å². The summed E-state index contributed by atoms with van der Waals surface area (Å²) in [6, 6.07) is 8.97. The van der Waals surface area contributed by atoms with E-state index < -0.39 is 0 Å². The highest BCUT2D eigenvalue weighted by Crippen LogP contribution is 2.30. The third-order valence-corrected chi connectivity index (χ3v) is 4.76. The van der Waals surface area contributed by atoms with E-state index in [-0.39, 0.29) is 0 Å². The molecule has 1 heterocycles. The molecule has 21 heavy (non-hydrogen) atoms. The first-order valence-electron chi connectivity index (χ1n) is 8.26. The van der Waals surface area contributed by atoms with Crippen molar-refractivity contribution in [3.05, 3.63) is 30.0 Å². The zero-order valence-corrected chi connectivity index (χ0v) is 13.1. The van der Waals surface area contributed by atoms with Crippen molar-refractivity contribution in [1.29, 1.82) is 0 Å². The molecule has 1 saturated carbocycles. The third-order valence-electron chi connectivity index (χ3n) is 4.76. The minimum atomic E-state index is 0.554. The SMILES string of the molecule is CCCC1CCC(Nc2nnc(C)c3ccccc23)CC1. The van der Waals surface area contributed by atoms with Gasteiger partial charge in [0.15, 0.2) is 5.82 Å². The first-order chi connectivity index (χ1) is 10.3. The molecule has 112 valence electrons. The fraction of sp³-hybridized carbons (Fsp3) is 0.556. The number of nitrogens with zero attached hydrogens (tertiary/aromatic N) is 2. The van der Waals surface area contributed by atoms with E-state index in [0.717, 1.165) is 17.4 Å². The molecule has 0 saturated heterocycles. The smallest absolute Gasteiger partial charge is 0.156 e. The summed E-state index contributed by atoms with van der Waals surface area (Å²) in [6.07, 6.45) is 7.92. The average Bonchev–Trinajstić information content (AvgIpc) is 2.52. The van der Waals surface area contributed by atoms with E-state index in [1.807, 2.05) is 6.92 Å². The van der Waals surface area contributed by atoms with Crippen LogP contribution in [0.4, 0.5) is 5.82 Å². The maximum absolute atomic E-state index is 4.39. The summed E-state index contributed by atoms with van der Waals surface area (Å²) >= 11 is 0. The largest absolute Gasteiger partial charge is 0.365 e. The van der Waals surface area contributed by atoms with Gasteiger partial charge in [-0.15, -0.1) is 5.10 Å². The topological polar surface area (TPSA) is 37.8 Å². The molecular formula is C18H25N3. The van der Waals surface area contributed by atoms with Gasteiger partial charge in [-0.25, -0.2) is 0 Å². The highest BCUT2D eigenvalue weighted by molar-refractivity contribution is 5.92. The van der Waals surface area contributed by atoms with Crippen LogP contribution in [0, 0.1) is 12.8 Å². The molecule has 2 aromatic rings. The molecule has 3 heteroatoms. The highest BCUT2D eigenvalue weighted by atomic mass is 15.2. The van der Waals surface area contributed by atoms with Crippen LogP contribution in [0.3, 0.4) is 0 Å². The van der Waals surface area contributed by atoms with E-state index >= 15 is 0 Å². The second-order valence-electron chi connectivity index (χ2n) is 6.33. The van der Waals surface area contributed by atoms with Crippen molar-refractivity contribution in [2.24, 2.45) is 5.92 Å². The van der Waals surface area contributed by atoms with Crippen LogP contribution in [-0.4, -0.2) is 16.2 Å². The summed E-state index contributed by atoms with van der Waals surface area (Å²) in [5.41, 5.74) is 1.00. The van der Waals surface area contributed by atoms with Crippen molar-refractivity contribution in [2.75, 3.05) is 5.32 Å². The Morgan fingerprint density at radius 2 is 1.76 bits per heavy atom. The normalized spacial score (nSPS) is 22.4. The molecule has 0 atom stereocenters. The minimum absolute atomic E-state index is 0.554. The Labute approximate surface area is 127 Å². The Kier molecular flexibility index (Phi) is 4.37. The first-order valence-corrected chi connectivity index (χ1v) is 8.26. The molecule has 3 nitrogen and oxygen atoms in total. The molecule has 1 N–H and O–H groups in total. The molecule has 0 radical (unpaired) electrons. The van der Waals surface area contributed by atoms with Crippen LogP contribution in [0.1, 0.15) is 51.1 Å². The van der Waals surface area contributed by atoms with Crippen LogP contribution in [-0.2, 0) is 0 Å². The molecule has 0 aliphatic heterocycles. The van der Waals surface area contributed by atoms with E-state index in [1.54, 1.807) is 0 Å². The van der Waals surface area contributed by atoms with E-state index in [1.165, 1.54) is 49.3 Å². The summed E-state index contributed by atoms with van der Waals surface area (Å²) in [5.74, 6) is 1.89. The fourth-order valence-electron chi connectivity index (χ4n) is 3.54. The lowest BCUT2D eigenvalue weighted by molar-refractivity contribution is 0.318. The Balaban J connectivity index is 1.73. The maximum atomic E-state index is 4.39. The third kappa shape index (κ3) is 3.17. The van der Waals surface area contributed by atoms with Gasteiger partial charge in [-0.2, -0.15) is 5.10 Å². The summed E-state index contributed by atoms with van der Waals surface area (Å²) in [5, 5.41) is 14.7. The molecule has 3 rings (SSSR count). The van der Waals surface area contributed by atoms with Crippen LogP contribution < -0.4 is 5.32 Å². The average molecular weight is 283 g/mol. The number of fused-ring (bicyclic) bond motifs is 1. The van der Waals surface area contributed by atoms with Gasteiger partial charge in [-0.05, 0) is 38.5 Å². The number of anilines is 1. The van der Waals surface area contributed by atoms with Crippen LogP contribution in [0.5, 0.6) is 0 Å². The van der Waals surface area contributed by atoms with Crippen molar-refractivity contribution in [2.45, 2.75) is 58.4 Å². The fourth-order valence-corrected chi connectivity index (χ4v) is 3.54. The summed E-state index contributed by atoms with van der Waals surface area (Å²) in [4.78, 5) is 0. The molecule has 1 aromatic heterocycles. The van der Waals surface area contributed by atoms with E-state index in [4.69, 9.17) is 0 Å². The number of rotatable bonds is 4. The first kappa shape index (κ1) is 14.3. The number of nitrogens with one attached hydrogen (secondary N) is 1. The van der Waals surface area contributed by atoms with E-state index in [2.05, 4.69) is 46.7 Å². The summed E-state index contributed by atoms with van der Waals surface area (Å²) in [7, 11) is 0. The number of hydrogen-bond acceptors (Lipinski definition) is 3. The van der Waals surface area contributed by atoms with Gasteiger partial charge >= 0.3 is 0 Å². The van der Waals surface area contributed by atoms with Gasteiger partial charge in [0, 0.05) is 16.8 Å². The highest BCUT2D eigenvalue weighted by Gasteiger charge is 2.21. The Morgan fingerprint density at radius 1 is 1.05 bits per heavy atom. The number of aromatic nitrogens is 2. The lowest BCUT2D eigenvalue weighted by atomic mass is 9.83. The Hall–Kier alpha value is -1.64. The van der Waals surface area contributed by atoms with Crippen LogP contribution >= 0.6 is 0 Å². The Morgan fingerprint density at radius 3 is 2.48 bits per heavy atom. The predicted octanol–water partition coefficient (Wildman–Crippen LogP) is 4.71. The quantitative estimate of drug-likeness (QED) is 0.883. The molecule has 0 unspecified atom stereocenters. The van der Waals surface area contributed by atoms with Crippen LogP contribution in [0.25, 0.3) is 10.8 Å². The van der Waals surface area contributed by atoms with Gasteiger partial charge in [-0.1, -0.05) is 44.0 Å². The lowest BCUT2D eigenvalue weighted by Crippen LogP contribution is -2.26. The second kappa shape index (κ2) is 6.42. The van der Waals surface area contributed by atoms with E-state index in [0.29, 0.717) is 6.04 Å². The maximum Gasteiger partial charge on any atom is 0.156 e. The molecule has 0 amide bonds. The van der Waals surface area contributed by atoms with Gasteiger partial charge in [-0.3, -0.25) is 0 Å². The van der Waals surface area contributed by atoms with Gasteiger partial charge in [0.2, 0.25) is 0 Å². The molecule has 0 spiro atoms. The second-order valence-corrected chi connectivity index (χ2v) is 6.33. The molecule has 1 aromatic carbocycles. The van der Waals surface area contributed by atoms with Crippen molar-refractivity contribution in [1.82, 2.24) is 10.2 Å². The predicted molar refractivity (Wildman–Crippen MR) is 88.6 cm³/mol. The van der Waals surface area contributed by atoms with E-state index in [9.17, 15) is 0 Å². The molecule has 1 aliphatic rings. The Bertz CT molecular complexity index is 600. The molecule has 0 bridgehead atoms. The molecular weight excluding hydrogens is 258 g/mol. The summed E-state index contributed by atoms with van der Waals surface area (Å²) in [6.45, 7) is 4.31. The number of aryl methyl sites for hydroxylation is 1. The monoisotopic (exact) mass is 283 g/mol. The zero-order chi connectivity index (χ0) is 14.7. The van der Waals surface area contributed by atoms with Crippen molar-refractivity contribution in [3.8, 4) is 0 Å². The molecule has 1 aliphatic carbocycles. The van der Waals surface area contributed by atoms with Gasteiger partial charge in [0.05, 0.1) is 5.69 Å². The summed E-state index contributed by atoms with van der Waals surface area (Å²) < 4.78 is 0. The number of benzene rings is 1. The van der Waals surface area contributed by atoms with Gasteiger partial charge in [0.1, 0.15) is 0 Å². The van der Waals surface area contributed by atoms with Crippen molar-refractivity contribution in [3.63, 3.8) is 0 Å². The lowest BCUT2D eigenvalue weighted by Gasteiger charge is -2.29. The number of hydrogen-bond donors (Lipinski definition) is 1. The standard InChI is InChI=1S/C18H25N3/c1-3-6-14-9-11-15(12-10-14)19-18-17-8-5-4-7-16(17)13(2)20-21-18/h4-5,7-8,14-15H,3,6,9-12H2,1-2H3,(H,19,21). The zero-order valence-electron chi connectivity index (χ0n) is 13.1. The molecule has 1 fully saturated rings. The van der Waals surface area contributed by atoms with Crippen LogP contribution in [0.2, 0.25) is 0 Å². The van der Waals surface area contributed by atoms with Crippen molar-refractivity contribution < 1.29 is 0 Å². The van der Waals surface area contributed by atoms with Crippen molar-refractivity contribution >= 4 is 16.6 Å². The van der Waals surface area contributed by atoms with Crippen LogP contribution in [0.15, 0.2) is 24.3 Å². The van der Waals surface area contributed by atoms with Gasteiger partial charge in [0.25, 0.3) is 0 Å².